The first-order valence-electron chi connectivity index (χ1n) is 9.02. The van der Waals surface area contributed by atoms with Gasteiger partial charge in [0, 0.05) is 16.4 Å². The molecule has 2 aromatic heterocycles. The van der Waals surface area contributed by atoms with E-state index in [0.717, 1.165) is 5.69 Å². The molecule has 2 aromatic carbocycles. The second-order valence-electron chi connectivity index (χ2n) is 6.31. The van der Waals surface area contributed by atoms with Gasteiger partial charge in [-0.2, -0.15) is 0 Å². The molecular weight excluding hydrogens is 440 g/mol. The number of halogens is 1. The Kier molecular flexibility index (Phi) is 6.06. The predicted octanol–water partition coefficient (Wildman–Crippen LogP) is 4.61. The number of rotatable bonds is 7. The van der Waals surface area contributed by atoms with E-state index in [1.165, 1.54) is 36.0 Å². The van der Waals surface area contributed by atoms with E-state index in [9.17, 15) is 9.59 Å². The Morgan fingerprint density at radius 1 is 1.06 bits per heavy atom. The number of hydrogen-bond donors (Lipinski definition) is 2. The minimum absolute atomic E-state index is 0.0740. The number of carboxylic acids is 1. The number of hydrogen-bond acceptors (Lipinski definition) is 6. The van der Waals surface area contributed by atoms with Gasteiger partial charge in [0.05, 0.1) is 17.6 Å². The number of thioether (sulfide) groups is 1. The molecule has 31 heavy (non-hydrogen) atoms. The normalized spacial score (nSPS) is 10.7. The van der Waals surface area contributed by atoms with Gasteiger partial charge in [0.25, 0.3) is 0 Å². The Bertz CT molecular complexity index is 1210. The van der Waals surface area contributed by atoms with Crippen LogP contribution in [0.1, 0.15) is 10.4 Å². The Balaban J connectivity index is 1.52. The molecule has 1 amide bonds. The lowest BCUT2D eigenvalue weighted by Gasteiger charge is -2.09. The van der Waals surface area contributed by atoms with Crippen molar-refractivity contribution in [1.29, 1.82) is 0 Å². The van der Waals surface area contributed by atoms with Crippen LogP contribution in [0.25, 0.3) is 17.3 Å². The zero-order valence-electron chi connectivity index (χ0n) is 15.9. The molecule has 0 spiro atoms. The lowest BCUT2D eigenvalue weighted by molar-refractivity contribution is -0.113. The molecule has 2 heterocycles. The molecule has 0 saturated carbocycles. The molecule has 4 rings (SSSR count). The minimum atomic E-state index is -1.03. The van der Waals surface area contributed by atoms with E-state index < -0.39 is 5.97 Å². The van der Waals surface area contributed by atoms with Gasteiger partial charge in [0.15, 0.2) is 10.9 Å². The van der Waals surface area contributed by atoms with E-state index in [2.05, 4.69) is 15.5 Å². The summed E-state index contributed by atoms with van der Waals surface area (Å²) < 4.78 is 7.26. The quantitative estimate of drug-likeness (QED) is 0.392. The molecule has 0 atom stereocenters. The lowest BCUT2D eigenvalue weighted by atomic mass is 10.2. The highest BCUT2D eigenvalue weighted by atomic mass is 35.5. The van der Waals surface area contributed by atoms with Gasteiger partial charge in [-0.1, -0.05) is 23.4 Å². The van der Waals surface area contributed by atoms with Crippen molar-refractivity contribution in [2.24, 2.45) is 0 Å². The molecule has 0 aliphatic rings. The highest BCUT2D eigenvalue weighted by molar-refractivity contribution is 7.99. The summed E-state index contributed by atoms with van der Waals surface area (Å²) in [6.07, 6.45) is 1.55. The van der Waals surface area contributed by atoms with Gasteiger partial charge in [-0.25, -0.2) is 4.79 Å². The summed E-state index contributed by atoms with van der Waals surface area (Å²) in [5, 5.41) is 21.2. The van der Waals surface area contributed by atoms with Gasteiger partial charge < -0.3 is 14.8 Å². The van der Waals surface area contributed by atoms with Crippen LogP contribution in [0.15, 0.2) is 76.5 Å². The number of carboxylic acid groups (broad SMARTS) is 1. The van der Waals surface area contributed by atoms with Crippen LogP contribution in [0.3, 0.4) is 0 Å². The monoisotopic (exact) mass is 454 g/mol. The molecule has 0 radical (unpaired) electrons. The zero-order valence-corrected chi connectivity index (χ0v) is 17.4. The number of nitrogens with one attached hydrogen (secondary N) is 1. The summed E-state index contributed by atoms with van der Waals surface area (Å²) in [4.78, 5) is 23.3. The molecule has 8 nitrogen and oxygen atoms in total. The van der Waals surface area contributed by atoms with Crippen molar-refractivity contribution in [2.45, 2.75) is 5.16 Å². The van der Waals surface area contributed by atoms with Gasteiger partial charge in [0.1, 0.15) is 0 Å². The van der Waals surface area contributed by atoms with E-state index in [0.29, 0.717) is 27.5 Å². The van der Waals surface area contributed by atoms with Gasteiger partial charge >= 0.3 is 5.97 Å². The molecule has 0 aliphatic heterocycles. The van der Waals surface area contributed by atoms with Crippen molar-refractivity contribution in [2.75, 3.05) is 11.1 Å². The maximum absolute atomic E-state index is 12.4. The topological polar surface area (TPSA) is 110 Å². The molecular formula is C21H15ClN4O4S. The van der Waals surface area contributed by atoms with Crippen LogP contribution in [-0.2, 0) is 4.79 Å². The SMILES string of the molecule is O=C(CSc1nnc(-c2ccco2)n1-c1ccc(Cl)cc1)Nc1ccc(C(=O)O)cc1. The number of amides is 1. The summed E-state index contributed by atoms with van der Waals surface area (Å²) in [6, 6.07) is 16.6. The molecule has 10 heteroatoms. The van der Waals surface area contributed by atoms with Crippen LogP contribution in [-0.4, -0.2) is 37.5 Å². The van der Waals surface area contributed by atoms with E-state index in [1.807, 2.05) is 12.1 Å². The third-order valence-electron chi connectivity index (χ3n) is 4.21. The van der Waals surface area contributed by atoms with Crippen LogP contribution in [0.5, 0.6) is 0 Å². The molecule has 0 bridgehead atoms. The standard InChI is InChI=1S/C21H15ClN4O4S/c22-14-5-9-16(10-6-14)26-19(17-2-1-11-30-17)24-25-21(26)31-12-18(27)23-15-7-3-13(4-8-15)20(28)29/h1-11H,12H2,(H,23,27)(H,28,29). The van der Waals surface area contributed by atoms with Crippen LogP contribution in [0.2, 0.25) is 5.02 Å². The van der Waals surface area contributed by atoms with Crippen molar-refractivity contribution in [3.63, 3.8) is 0 Å². The Morgan fingerprint density at radius 2 is 1.81 bits per heavy atom. The molecule has 0 aliphatic carbocycles. The fourth-order valence-corrected chi connectivity index (χ4v) is 3.65. The maximum Gasteiger partial charge on any atom is 0.335 e. The second kappa shape index (κ2) is 9.07. The van der Waals surface area contributed by atoms with Gasteiger partial charge in [-0.15, -0.1) is 10.2 Å². The smallest absolute Gasteiger partial charge is 0.335 e. The molecule has 0 saturated heterocycles. The number of carbonyl (C=O) groups is 2. The van der Waals surface area contributed by atoms with Crippen molar-refractivity contribution in [3.05, 3.63) is 77.5 Å². The lowest BCUT2D eigenvalue weighted by Crippen LogP contribution is -2.14. The van der Waals surface area contributed by atoms with Crippen molar-refractivity contribution >= 4 is 40.9 Å². The summed E-state index contributed by atoms with van der Waals surface area (Å²) in [6.45, 7) is 0. The van der Waals surface area contributed by atoms with E-state index in [1.54, 1.807) is 35.1 Å². The third kappa shape index (κ3) is 4.79. The Labute approximate surface area is 185 Å². The first-order chi connectivity index (χ1) is 15.0. The highest BCUT2D eigenvalue weighted by Crippen LogP contribution is 2.29. The third-order valence-corrected chi connectivity index (χ3v) is 5.39. The number of aromatic carboxylic acids is 1. The molecule has 4 aromatic rings. The van der Waals surface area contributed by atoms with Crippen molar-refractivity contribution < 1.29 is 19.1 Å². The highest BCUT2D eigenvalue weighted by Gasteiger charge is 2.19. The average Bonchev–Trinajstić information content (AvgIpc) is 3.43. The number of benzene rings is 2. The van der Waals surface area contributed by atoms with Crippen LogP contribution in [0.4, 0.5) is 5.69 Å². The molecule has 0 unspecified atom stereocenters. The Hall–Kier alpha value is -3.56. The predicted molar refractivity (Wildman–Crippen MR) is 117 cm³/mol. The summed E-state index contributed by atoms with van der Waals surface area (Å²) in [7, 11) is 0. The van der Waals surface area contributed by atoms with Crippen molar-refractivity contribution in [3.8, 4) is 17.3 Å². The molecule has 156 valence electrons. The van der Waals surface area contributed by atoms with Gasteiger partial charge in [0.2, 0.25) is 11.7 Å². The number of anilines is 1. The number of nitrogens with zero attached hydrogens (tertiary/aromatic N) is 3. The van der Waals surface area contributed by atoms with E-state index in [4.69, 9.17) is 21.1 Å². The largest absolute Gasteiger partial charge is 0.478 e. The van der Waals surface area contributed by atoms with Crippen molar-refractivity contribution in [1.82, 2.24) is 14.8 Å². The van der Waals surface area contributed by atoms with Gasteiger partial charge in [-0.3, -0.25) is 9.36 Å². The van der Waals surface area contributed by atoms with E-state index in [-0.39, 0.29) is 17.2 Å². The van der Waals surface area contributed by atoms with Crippen LogP contribution >= 0.6 is 23.4 Å². The Morgan fingerprint density at radius 3 is 2.45 bits per heavy atom. The average molecular weight is 455 g/mol. The molecule has 0 fully saturated rings. The number of carbonyl (C=O) groups excluding carboxylic acids is 1. The van der Waals surface area contributed by atoms with Crippen LogP contribution in [0, 0.1) is 0 Å². The number of aromatic nitrogens is 3. The second-order valence-corrected chi connectivity index (χ2v) is 7.69. The van der Waals surface area contributed by atoms with Gasteiger partial charge in [-0.05, 0) is 60.7 Å². The first kappa shape index (κ1) is 20.7. The first-order valence-corrected chi connectivity index (χ1v) is 10.4. The minimum Gasteiger partial charge on any atom is -0.478 e. The summed E-state index contributed by atoms with van der Waals surface area (Å²) in [5.41, 5.74) is 1.42. The fraction of sp³-hybridized carbons (Fsp3) is 0.0476. The van der Waals surface area contributed by atoms with Crippen LogP contribution < -0.4 is 5.32 Å². The zero-order chi connectivity index (χ0) is 21.8. The summed E-state index contributed by atoms with van der Waals surface area (Å²) >= 11 is 7.22. The number of furan rings is 1. The fourth-order valence-electron chi connectivity index (χ4n) is 2.78. The maximum atomic E-state index is 12.4. The molecule has 2 N–H and O–H groups in total. The van der Waals surface area contributed by atoms with E-state index >= 15 is 0 Å². The summed E-state index contributed by atoms with van der Waals surface area (Å²) in [5.74, 6) is -0.178.